The molecule has 0 spiro atoms. The second-order valence-corrected chi connectivity index (χ2v) is 6.19. The van der Waals surface area contributed by atoms with Gasteiger partial charge in [0.15, 0.2) is 0 Å². The molecule has 3 aromatic rings. The van der Waals surface area contributed by atoms with Gasteiger partial charge in [0.2, 0.25) is 5.82 Å². The highest BCUT2D eigenvalue weighted by Crippen LogP contribution is 2.11. The number of fused-ring (bicyclic) bond motifs is 1. The lowest BCUT2D eigenvalue weighted by molar-refractivity contribution is -0.118. The molecule has 26 heavy (non-hydrogen) atoms. The normalized spacial score (nSPS) is 16.5. The molecule has 0 radical (unpaired) electrons. The first kappa shape index (κ1) is 16.1. The van der Waals surface area contributed by atoms with Crippen molar-refractivity contribution < 1.29 is 9.59 Å². The van der Waals surface area contributed by atoms with Crippen LogP contribution in [0, 0.1) is 0 Å². The Kier molecular flexibility index (Phi) is 4.22. The number of benzene rings is 1. The van der Waals surface area contributed by atoms with Gasteiger partial charge in [-0.3, -0.25) is 19.7 Å². The van der Waals surface area contributed by atoms with Crippen LogP contribution in [0.2, 0.25) is 0 Å². The number of aryl methyl sites for hydroxylation is 1. The fraction of sp³-hybridized carbons (Fsp3) is 0.222. The van der Waals surface area contributed by atoms with Crippen LogP contribution >= 0.6 is 0 Å². The van der Waals surface area contributed by atoms with E-state index in [1.807, 2.05) is 42.5 Å². The van der Waals surface area contributed by atoms with Crippen molar-refractivity contribution >= 4 is 11.8 Å². The van der Waals surface area contributed by atoms with Gasteiger partial charge in [-0.1, -0.05) is 30.3 Å². The van der Waals surface area contributed by atoms with Gasteiger partial charge in [0, 0.05) is 18.3 Å². The van der Waals surface area contributed by atoms with Crippen molar-refractivity contribution in [2.75, 3.05) is 5.43 Å². The molecule has 2 amide bonds. The van der Waals surface area contributed by atoms with Crippen LogP contribution in [0.5, 0.6) is 0 Å². The largest absolute Gasteiger partial charge is 0.337 e. The van der Waals surface area contributed by atoms with E-state index in [0.717, 1.165) is 11.3 Å². The summed E-state index contributed by atoms with van der Waals surface area (Å²) in [6.45, 7) is 0. The van der Waals surface area contributed by atoms with Gasteiger partial charge >= 0.3 is 0 Å². The molecule has 0 fully saturated rings. The van der Waals surface area contributed by atoms with Crippen LogP contribution < -0.4 is 10.7 Å². The number of aromatic nitrogens is 4. The molecular weight excluding hydrogens is 332 g/mol. The first-order chi connectivity index (χ1) is 12.7. The molecule has 2 aromatic heterocycles. The van der Waals surface area contributed by atoms with Crippen molar-refractivity contribution in [3.8, 4) is 0 Å². The Labute approximate surface area is 149 Å². The lowest BCUT2D eigenvalue weighted by atomic mass is 10.1. The molecule has 0 saturated heterocycles. The SMILES string of the molecule is O=C(NC1CCc2cccn2NC1=O)c1nnc(Cc2ccccc2)[nH]1. The van der Waals surface area contributed by atoms with Crippen molar-refractivity contribution in [1.29, 1.82) is 0 Å². The molecule has 1 aliphatic rings. The number of H-pyrrole nitrogens is 1. The van der Waals surface area contributed by atoms with Gasteiger partial charge in [0.05, 0.1) is 0 Å². The molecule has 8 heteroatoms. The van der Waals surface area contributed by atoms with Gasteiger partial charge in [-0.15, -0.1) is 10.2 Å². The molecule has 0 saturated carbocycles. The maximum absolute atomic E-state index is 12.4. The topological polar surface area (TPSA) is 105 Å². The van der Waals surface area contributed by atoms with Gasteiger partial charge in [-0.05, 0) is 30.5 Å². The number of nitrogens with one attached hydrogen (secondary N) is 3. The number of hydrogen-bond acceptors (Lipinski definition) is 4. The Bertz CT molecular complexity index is 930. The van der Waals surface area contributed by atoms with Crippen LogP contribution in [0.1, 0.15) is 34.1 Å². The first-order valence-electron chi connectivity index (χ1n) is 8.42. The summed E-state index contributed by atoms with van der Waals surface area (Å²) in [5, 5.41) is 10.6. The van der Waals surface area contributed by atoms with Crippen LogP contribution in [0.4, 0.5) is 0 Å². The smallest absolute Gasteiger partial charge is 0.289 e. The lowest BCUT2D eigenvalue weighted by Gasteiger charge is -2.14. The number of rotatable bonds is 4. The Morgan fingerprint density at radius 3 is 2.88 bits per heavy atom. The molecule has 3 heterocycles. The fourth-order valence-electron chi connectivity index (χ4n) is 2.98. The van der Waals surface area contributed by atoms with Crippen molar-refractivity contribution in [3.63, 3.8) is 0 Å². The number of hydrogen-bond donors (Lipinski definition) is 3. The maximum atomic E-state index is 12.4. The van der Waals surface area contributed by atoms with Gasteiger partial charge < -0.3 is 10.3 Å². The maximum Gasteiger partial charge on any atom is 0.289 e. The minimum Gasteiger partial charge on any atom is -0.337 e. The Morgan fingerprint density at radius 2 is 2.04 bits per heavy atom. The number of carbonyl (C=O) groups excluding carboxylic acids is 2. The zero-order valence-electron chi connectivity index (χ0n) is 14.0. The van der Waals surface area contributed by atoms with Crippen LogP contribution in [-0.4, -0.2) is 37.7 Å². The molecule has 1 aromatic carbocycles. The zero-order chi connectivity index (χ0) is 17.9. The summed E-state index contributed by atoms with van der Waals surface area (Å²) in [4.78, 5) is 27.6. The third-order valence-corrected chi connectivity index (χ3v) is 4.34. The number of amides is 2. The van der Waals surface area contributed by atoms with Crippen LogP contribution in [0.3, 0.4) is 0 Å². The van der Waals surface area contributed by atoms with Gasteiger partial charge in [-0.25, -0.2) is 0 Å². The van der Waals surface area contributed by atoms with E-state index in [1.165, 1.54) is 0 Å². The minimum atomic E-state index is -0.620. The first-order valence-corrected chi connectivity index (χ1v) is 8.42. The highest BCUT2D eigenvalue weighted by atomic mass is 16.2. The fourth-order valence-corrected chi connectivity index (χ4v) is 2.98. The third kappa shape index (κ3) is 3.34. The monoisotopic (exact) mass is 350 g/mol. The molecule has 3 N–H and O–H groups in total. The predicted molar refractivity (Wildman–Crippen MR) is 94.0 cm³/mol. The molecule has 1 aliphatic heterocycles. The molecular formula is C18H18N6O2. The standard InChI is InChI=1S/C18H18N6O2/c25-17-14(9-8-13-7-4-10-24(13)23-17)19-18(26)16-20-15(21-22-16)11-12-5-2-1-3-6-12/h1-7,10,14H,8-9,11H2,(H,19,26)(H,23,25)(H,20,21,22). The van der Waals surface area contributed by atoms with Crippen LogP contribution in [0.15, 0.2) is 48.7 Å². The van der Waals surface area contributed by atoms with E-state index >= 15 is 0 Å². The molecule has 0 bridgehead atoms. The second-order valence-electron chi connectivity index (χ2n) is 6.19. The van der Waals surface area contributed by atoms with Gasteiger partial charge in [0.1, 0.15) is 11.9 Å². The highest BCUT2D eigenvalue weighted by Gasteiger charge is 2.26. The Hall–Kier alpha value is -3.42. The molecule has 132 valence electrons. The van der Waals surface area contributed by atoms with E-state index in [-0.39, 0.29) is 11.7 Å². The molecule has 8 nitrogen and oxygen atoms in total. The predicted octanol–water partition coefficient (Wildman–Crippen LogP) is 1.01. The summed E-state index contributed by atoms with van der Waals surface area (Å²) in [6.07, 6.45) is 3.54. The van der Waals surface area contributed by atoms with E-state index in [9.17, 15) is 9.59 Å². The Morgan fingerprint density at radius 1 is 1.19 bits per heavy atom. The molecule has 4 rings (SSSR count). The van der Waals surface area contributed by atoms with E-state index in [0.29, 0.717) is 25.1 Å². The van der Waals surface area contributed by atoms with Crippen molar-refractivity contribution in [3.05, 3.63) is 71.6 Å². The van der Waals surface area contributed by atoms with Crippen molar-refractivity contribution in [1.82, 2.24) is 25.2 Å². The Balaban J connectivity index is 1.40. The summed E-state index contributed by atoms with van der Waals surface area (Å²) in [5.41, 5.74) is 4.83. The third-order valence-electron chi connectivity index (χ3n) is 4.34. The van der Waals surface area contributed by atoms with E-state index in [2.05, 4.69) is 25.9 Å². The van der Waals surface area contributed by atoms with Gasteiger partial charge in [-0.2, -0.15) is 0 Å². The summed E-state index contributed by atoms with van der Waals surface area (Å²) >= 11 is 0. The lowest BCUT2D eigenvalue weighted by Crippen LogP contribution is -2.44. The van der Waals surface area contributed by atoms with E-state index < -0.39 is 11.9 Å². The summed E-state index contributed by atoms with van der Waals surface area (Å²) in [7, 11) is 0. The molecule has 0 aliphatic carbocycles. The number of nitrogens with zero attached hydrogens (tertiary/aromatic N) is 3. The van der Waals surface area contributed by atoms with Crippen molar-refractivity contribution in [2.24, 2.45) is 0 Å². The van der Waals surface area contributed by atoms with E-state index in [4.69, 9.17) is 0 Å². The molecule has 1 atom stereocenters. The van der Waals surface area contributed by atoms with Crippen LogP contribution in [0.25, 0.3) is 0 Å². The highest BCUT2D eigenvalue weighted by molar-refractivity contribution is 5.97. The number of carbonyl (C=O) groups is 2. The van der Waals surface area contributed by atoms with E-state index in [1.54, 1.807) is 10.9 Å². The minimum absolute atomic E-state index is 0.104. The summed E-state index contributed by atoms with van der Waals surface area (Å²) in [6, 6.07) is 13.0. The average Bonchev–Trinajstić information content (AvgIpc) is 3.26. The van der Waals surface area contributed by atoms with Gasteiger partial charge in [0.25, 0.3) is 11.8 Å². The van der Waals surface area contributed by atoms with Crippen LogP contribution in [-0.2, 0) is 17.6 Å². The quantitative estimate of drug-likeness (QED) is 0.653. The van der Waals surface area contributed by atoms with Crippen molar-refractivity contribution in [2.45, 2.75) is 25.3 Å². The second kappa shape index (κ2) is 6.83. The zero-order valence-corrected chi connectivity index (χ0v) is 14.0. The molecule has 1 unspecified atom stereocenters. The number of aromatic amines is 1. The summed E-state index contributed by atoms with van der Waals surface area (Å²) in [5.74, 6) is 0.0102. The average molecular weight is 350 g/mol. The summed E-state index contributed by atoms with van der Waals surface area (Å²) < 4.78 is 1.68.